The van der Waals surface area contributed by atoms with Gasteiger partial charge >= 0.3 is 0 Å². The summed E-state index contributed by atoms with van der Waals surface area (Å²) in [7, 11) is 0. The highest BCUT2D eigenvalue weighted by atomic mass is 32.2. The van der Waals surface area contributed by atoms with Crippen molar-refractivity contribution in [1.29, 1.82) is 0 Å². The fourth-order valence-electron chi connectivity index (χ4n) is 2.23. The first kappa shape index (κ1) is 13.0. The van der Waals surface area contributed by atoms with Crippen molar-refractivity contribution < 1.29 is 0 Å². The summed E-state index contributed by atoms with van der Waals surface area (Å²) in [6.07, 6.45) is 2.87. The summed E-state index contributed by atoms with van der Waals surface area (Å²) in [5, 5.41) is 3.62. The Hall–Kier alpha value is -0.470. The number of thioether (sulfide) groups is 1. The molecule has 1 N–H and O–H groups in total. The Kier molecular flexibility index (Phi) is 4.93. The minimum absolute atomic E-state index is 0.745. The molecule has 0 heterocycles. The summed E-state index contributed by atoms with van der Waals surface area (Å²) in [6.45, 7) is 5.48. The quantitative estimate of drug-likeness (QED) is 0.792. The lowest BCUT2D eigenvalue weighted by atomic mass is 10.2. The van der Waals surface area contributed by atoms with E-state index in [1.807, 2.05) is 0 Å². The molecule has 1 aromatic rings. The van der Waals surface area contributed by atoms with E-state index in [2.05, 4.69) is 55.2 Å². The summed E-state index contributed by atoms with van der Waals surface area (Å²) in [5.41, 5.74) is 2.83. The molecule has 0 bridgehead atoms. The van der Waals surface area contributed by atoms with Crippen molar-refractivity contribution in [3.8, 4) is 0 Å². The second-order valence-electron chi connectivity index (χ2n) is 5.01. The molecule has 0 saturated heterocycles. The lowest BCUT2D eigenvalue weighted by Gasteiger charge is -2.16. The lowest BCUT2D eigenvalue weighted by Crippen LogP contribution is -2.33. The highest BCUT2D eigenvalue weighted by Crippen LogP contribution is 2.34. The third kappa shape index (κ3) is 4.36. The highest BCUT2D eigenvalue weighted by molar-refractivity contribution is 7.98. The summed E-state index contributed by atoms with van der Waals surface area (Å²) >= 11 is 2.07. The molecule has 1 atom stereocenters. The maximum Gasteiger partial charge on any atom is 0.0186 e. The fourth-order valence-corrected chi connectivity index (χ4v) is 3.41. The first-order chi connectivity index (χ1) is 8.29. The number of hydrogen-bond acceptors (Lipinski definition) is 2. The van der Waals surface area contributed by atoms with Gasteiger partial charge in [0.05, 0.1) is 0 Å². The largest absolute Gasteiger partial charge is 0.313 e. The van der Waals surface area contributed by atoms with Gasteiger partial charge in [0.2, 0.25) is 0 Å². The molecule has 94 valence electrons. The minimum Gasteiger partial charge on any atom is -0.313 e. The monoisotopic (exact) mass is 249 g/mol. The van der Waals surface area contributed by atoms with Crippen molar-refractivity contribution in [1.82, 2.24) is 5.32 Å². The molecule has 1 aliphatic carbocycles. The summed E-state index contributed by atoms with van der Waals surface area (Å²) in [4.78, 5) is 0. The molecule has 1 unspecified atom stereocenters. The number of hydrogen-bond donors (Lipinski definition) is 1. The maximum absolute atomic E-state index is 3.62. The van der Waals surface area contributed by atoms with E-state index in [0.29, 0.717) is 0 Å². The highest BCUT2D eigenvalue weighted by Gasteiger charge is 2.30. The van der Waals surface area contributed by atoms with Gasteiger partial charge in [-0.2, -0.15) is 11.8 Å². The van der Waals surface area contributed by atoms with Crippen molar-refractivity contribution in [2.45, 2.75) is 38.5 Å². The predicted molar refractivity (Wildman–Crippen MR) is 77.5 cm³/mol. The average Bonchev–Trinajstić information content (AvgIpc) is 3.12. The zero-order valence-electron chi connectivity index (χ0n) is 10.9. The standard InChI is InChI=1S/C15H23NS/c1-3-16-15(14-7-8-14)11-17-10-13-6-4-5-12(2)9-13/h4-6,9,14-16H,3,7-8,10-11H2,1-2H3. The van der Waals surface area contributed by atoms with Crippen LogP contribution in [0.3, 0.4) is 0 Å². The molecule has 2 heteroatoms. The zero-order valence-corrected chi connectivity index (χ0v) is 11.7. The van der Waals surface area contributed by atoms with Gasteiger partial charge in [0.15, 0.2) is 0 Å². The van der Waals surface area contributed by atoms with E-state index < -0.39 is 0 Å². The van der Waals surface area contributed by atoms with Crippen LogP contribution in [0.4, 0.5) is 0 Å². The van der Waals surface area contributed by atoms with Crippen LogP contribution in [0.15, 0.2) is 24.3 Å². The molecular formula is C15H23NS. The number of nitrogens with one attached hydrogen (secondary N) is 1. The molecular weight excluding hydrogens is 226 g/mol. The third-order valence-corrected chi connectivity index (χ3v) is 4.44. The maximum atomic E-state index is 3.62. The van der Waals surface area contributed by atoms with Gasteiger partial charge in [-0.05, 0) is 37.8 Å². The molecule has 0 spiro atoms. The van der Waals surface area contributed by atoms with Gasteiger partial charge in [-0.3, -0.25) is 0 Å². The van der Waals surface area contributed by atoms with Crippen LogP contribution >= 0.6 is 11.8 Å². The van der Waals surface area contributed by atoms with Gasteiger partial charge < -0.3 is 5.32 Å². The van der Waals surface area contributed by atoms with Crippen LogP contribution in [0.2, 0.25) is 0 Å². The molecule has 0 radical (unpaired) electrons. The van der Waals surface area contributed by atoms with Crippen molar-refractivity contribution in [2.75, 3.05) is 12.3 Å². The van der Waals surface area contributed by atoms with Crippen molar-refractivity contribution in [2.24, 2.45) is 5.92 Å². The Bertz CT molecular complexity index is 347. The smallest absolute Gasteiger partial charge is 0.0186 e. The van der Waals surface area contributed by atoms with Gasteiger partial charge in [-0.15, -0.1) is 0 Å². The Labute approximate surface area is 109 Å². The van der Waals surface area contributed by atoms with Crippen molar-refractivity contribution >= 4 is 11.8 Å². The molecule has 0 aromatic heterocycles. The molecule has 2 rings (SSSR count). The summed E-state index contributed by atoms with van der Waals surface area (Å²) < 4.78 is 0. The van der Waals surface area contributed by atoms with Crippen LogP contribution in [0, 0.1) is 12.8 Å². The van der Waals surface area contributed by atoms with Gasteiger partial charge in [-0.1, -0.05) is 36.8 Å². The first-order valence-corrected chi connectivity index (χ1v) is 7.81. The van der Waals surface area contributed by atoms with Gasteiger partial charge in [0.1, 0.15) is 0 Å². The second kappa shape index (κ2) is 6.46. The van der Waals surface area contributed by atoms with Crippen LogP contribution in [-0.4, -0.2) is 18.3 Å². The summed E-state index contributed by atoms with van der Waals surface area (Å²) in [6, 6.07) is 9.61. The zero-order chi connectivity index (χ0) is 12.1. The molecule has 1 aliphatic rings. The Morgan fingerprint density at radius 2 is 2.24 bits per heavy atom. The molecule has 0 amide bonds. The number of rotatable bonds is 7. The topological polar surface area (TPSA) is 12.0 Å². The Morgan fingerprint density at radius 1 is 1.41 bits per heavy atom. The van der Waals surface area contributed by atoms with Crippen LogP contribution in [0.5, 0.6) is 0 Å². The average molecular weight is 249 g/mol. The number of benzene rings is 1. The molecule has 1 saturated carbocycles. The first-order valence-electron chi connectivity index (χ1n) is 6.66. The lowest BCUT2D eigenvalue weighted by molar-refractivity contribution is 0.519. The third-order valence-electron chi connectivity index (χ3n) is 3.31. The van der Waals surface area contributed by atoms with E-state index in [1.54, 1.807) is 0 Å². The van der Waals surface area contributed by atoms with Crippen LogP contribution < -0.4 is 5.32 Å². The fraction of sp³-hybridized carbons (Fsp3) is 0.600. The Morgan fingerprint density at radius 3 is 2.88 bits per heavy atom. The van der Waals surface area contributed by atoms with Crippen molar-refractivity contribution in [3.63, 3.8) is 0 Å². The van der Waals surface area contributed by atoms with E-state index in [4.69, 9.17) is 0 Å². The van der Waals surface area contributed by atoms with E-state index in [0.717, 1.165) is 24.3 Å². The molecule has 1 fully saturated rings. The van der Waals surface area contributed by atoms with E-state index >= 15 is 0 Å². The van der Waals surface area contributed by atoms with Gasteiger partial charge in [-0.25, -0.2) is 0 Å². The van der Waals surface area contributed by atoms with Crippen molar-refractivity contribution in [3.05, 3.63) is 35.4 Å². The van der Waals surface area contributed by atoms with E-state index in [1.165, 1.54) is 29.7 Å². The van der Waals surface area contributed by atoms with Gasteiger partial charge in [0, 0.05) is 17.5 Å². The van der Waals surface area contributed by atoms with Crippen LogP contribution in [0.25, 0.3) is 0 Å². The molecule has 1 nitrogen and oxygen atoms in total. The minimum atomic E-state index is 0.745. The molecule has 1 aromatic carbocycles. The number of aryl methyl sites for hydroxylation is 1. The van der Waals surface area contributed by atoms with E-state index in [9.17, 15) is 0 Å². The predicted octanol–water partition coefficient (Wildman–Crippen LogP) is 3.62. The SMILES string of the molecule is CCNC(CSCc1cccc(C)c1)C1CC1. The van der Waals surface area contributed by atoms with Crippen LogP contribution in [0.1, 0.15) is 30.9 Å². The van der Waals surface area contributed by atoms with Gasteiger partial charge in [0.25, 0.3) is 0 Å². The normalized spacial score (nSPS) is 17.1. The summed E-state index contributed by atoms with van der Waals surface area (Å²) in [5.74, 6) is 3.36. The second-order valence-corrected chi connectivity index (χ2v) is 6.04. The molecule has 17 heavy (non-hydrogen) atoms. The van der Waals surface area contributed by atoms with E-state index in [-0.39, 0.29) is 0 Å². The Balaban J connectivity index is 1.74. The van der Waals surface area contributed by atoms with Crippen LogP contribution in [-0.2, 0) is 5.75 Å². The molecule has 0 aliphatic heterocycles.